The zero-order valence-electron chi connectivity index (χ0n) is 28.7. The number of carbonyl (C=O) groups excluding carboxylic acids is 3. The van der Waals surface area contributed by atoms with Gasteiger partial charge < -0.3 is 25.2 Å². The number of benzene rings is 2. The van der Waals surface area contributed by atoms with Crippen LogP contribution >= 0.6 is 34.7 Å². The summed E-state index contributed by atoms with van der Waals surface area (Å²) in [7, 11) is 0. The summed E-state index contributed by atoms with van der Waals surface area (Å²) in [4.78, 5) is 56.4. The molecule has 16 heteroatoms. The molecule has 13 nitrogen and oxygen atoms in total. The number of aryl methyl sites for hydroxylation is 1. The van der Waals surface area contributed by atoms with Crippen LogP contribution in [0.4, 0.5) is 15.3 Å². The highest BCUT2D eigenvalue weighted by atomic mass is 35.5. The summed E-state index contributed by atoms with van der Waals surface area (Å²) in [5, 5.41) is 17.6. The molecule has 1 heterocycles. The summed E-state index contributed by atoms with van der Waals surface area (Å²) in [6.07, 6.45) is 2.31. The summed E-state index contributed by atoms with van der Waals surface area (Å²) in [6.45, 7) is 14.1. The lowest BCUT2D eigenvalue weighted by molar-refractivity contribution is -0.117. The molecule has 0 unspecified atom stereocenters. The fourth-order valence-corrected chi connectivity index (χ4v) is 5.74. The van der Waals surface area contributed by atoms with E-state index in [2.05, 4.69) is 38.5 Å². The topological polar surface area (TPSA) is 172 Å². The quantitative estimate of drug-likeness (QED) is 0.0557. The lowest BCUT2D eigenvalue weighted by Crippen LogP contribution is -2.43. The minimum absolute atomic E-state index is 0.0223. The Balaban J connectivity index is 1.83. The van der Waals surface area contributed by atoms with E-state index < -0.39 is 36.1 Å². The molecule has 0 radical (unpaired) electrons. The zero-order valence-corrected chi connectivity index (χ0v) is 31.0. The number of rotatable bonds is 14. The maximum absolute atomic E-state index is 13.6. The standard InChI is InChI=1S/C35H40Cl2N6O7S/c1-7-9-10-15-43(34(47)48)20-27(44)39-30-25(36)17-22(18-26(30)37)19-38-32(41-33(46)50-35(4,5)6)40-31(45)28-21(3)51-42-29(28)23-11-13-24(14-12-23)49-16-8-2/h7-8,11-14,17-18H,1-2,9-10,15-16,19-20H2,3-6H3,(H,39,44)(H,47,48)(H2,38,40,41,45,46). The van der Waals surface area contributed by atoms with Crippen LogP contribution in [0.25, 0.3) is 11.3 Å². The molecule has 4 amide bonds. The van der Waals surface area contributed by atoms with Gasteiger partial charge in [0.1, 0.15) is 24.5 Å². The summed E-state index contributed by atoms with van der Waals surface area (Å²) in [5.74, 6) is -0.890. The van der Waals surface area contributed by atoms with Crippen molar-refractivity contribution in [2.45, 2.75) is 52.7 Å². The number of carbonyl (C=O) groups is 4. The third-order valence-corrected chi connectivity index (χ3v) is 8.02. The van der Waals surface area contributed by atoms with Crippen LogP contribution < -0.4 is 20.7 Å². The van der Waals surface area contributed by atoms with Gasteiger partial charge in [-0.15, -0.1) is 6.58 Å². The molecule has 272 valence electrons. The number of hydrogen-bond acceptors (Lipinski definition) is 8. The maximum atomic E-state index is 13.6. The highest BCUT2D eigenvalue weighted by Gasteiger charge is 2.23. The number of aliphatic imine (C=N–C) groups is 1. The number of nitrogens with zero attached hydrogens (tertiary/aromatic N) is 3. The van der Waals surface area contributed by atoms with Crippen LogP contribution in [-0.4, -0.2) is 69.6 Å². The van der Waals surface area contributed by atoms with Gasteiger partial charge in [0.2, 0.25) is 11.9 Å². The smallest absolute Gasteiger partial charge is 0.414 e. The number of anilines is 1. The molecule has 3 aromatic rings. The van der Waals surface area contributed by atoms with Gasteiger partial charge >= 0.3 is 12.2 Å². The van der Waals surface area contributed by atoms with E-state index in [1.54, 1.807) is 64.1 Å². The van der Waals surface area contributed by atoms with E-state index in [9.17, 15) is 24.3 Å². The van der Waals surface area contributed by atoms with Crippen molar-refractivity contribution in [3.63, 3.8) is 0 Å². The number of alkyl carbamates (subject to hydrolysis) is 1. The number of guanidine groups is 1. The van der Waals surface area contributed by atoms with Crippen LogP contribution in [0, 0.1) is 6.92 Å². The highest BCUT2D eigenvalue weighted by Crippen LogP contribution is 2.32. The van der Waals surface area contributed by atoms with Gasteiger partial charge in [-0.05, 0) is 94.0 Å². The summed E-state index contributed by atoms with van der Waals surface area (Å²) in [5.41, 5.74) is 1.08. The SMILES string of the molecule is C=CCCCN(CC(=O)Nc1c(Cl)cc(CN/C(=N/C(=O)c2c(-c3ccc(OCC=C)cc3)nsc2C)NC(=O)OC(C)(C)C)cc1Cl)C(=O)O. The molecule has 0 spiro atoms. The number of hydrogen-bond donors (Lipinski definition) is 4. The van der Waals surface area contributed by atoms with Gasteiger partial charge in [-0.25, -0.2) is 9.59 Å². The van der Waals surface area contributed by atoms with Crippen LogP contribution in [0.3, 0.4) is 0 Å². The van der Waals surface area contributed by atoms with Crippen LogP contribution in [0.5, 0.6) is 5.75 Å². The molecule has 0 bridgehead atoms. The van der Waals surface area contributed by atoms with Gasteiger partial charge in [0.15, 0.2) is 0 Å². The van der Waals surface area contributed by atoms with E-state index in [-0.39, 0.29) is 40.3 Å². The Morgan fingerprint density at radius 1 is 1.08 bits per heavy atom. The zero-order chi connectivity index (χ0) is 37.7. The minimum Gasteiger partial charge on any atom is -0.490 e. The van der Waals surface area contributed by atoms with Gasteiger partial charge in [0.05, 0.1) is 27.0 Å². The fraction of sp³-hybridized carbons (Fsp3) is 0.314. The van der Waals surface area contributed by atoms with E-state index in [1.165, 1.54) is 12.1 Å². The number of aromatic nitrogens is 1. The second-order valence-corrected chi connectivity index (χ2v) is 13.7. The van der Waals surface area contributed by atoms with Gasteiger partial charge in [-0.1, -0.05) is 41.9 Å². The molecule has 4 N–H and O–H groups in total. The van der Waals surface area contributed by atoms with Crippen LogP contribution in [0.2, 0.25) is 10.0 Å². The lowest BCUT2D eigenvalue weighted by atomic mass is 10.1. The van der Waals surface area contributed by atoms with Crippen molar-refractivity contribution in [2.24, 2.45) is 4.99 Å². The van der Waals surface area contributed by atoms with E-state index in [0.29, 0.717) is 46.9 Å². The second-order valence-electron chi connectivity index (χ2n) is 12.0. The fourth-order valence-electron chi connectivity index (χ4n) is 4.41. The third-order valence-electron chi connectivity index (χ3n) is 6.67. The molecule has 0 fully saturated rings. The predicted molar refractivity (Wildman–Crippen MR) is 200 cm³/mol. The molecule has 0 aliphatic heterocycles. The second kappa shape index (κ2) is 18.9. The number of carboxylic acid groups (broad SMARTS) is 1. The molecule has 0 atom stereocenters. The van der Waals surface area contributed by atoms with Crippen LogP contribution in [0.15, 0.2) is 66.7 Å². The number of halogens is 2. The first-order valence-electron chi connectivity index (χ1n) is 15.7. The largest absolute Gasteiger partial charge is 0.490 e. The van der Waals surface area contributed by atoms with E-state index in [0.717, 1.165) is 16.4 Å². The van der Waals surface area contributed by atoms with Crippen molar-refractivity contribution in [1.82, 2.24) is 19.9 Å². The van der Waals surface area contributed by atoms with Crippen LogP contribution in [-0.2, 0) is 16.1 Å². The molecule has 0 aliphatic carbocycles. The van der Waals surface area contributed by atoms with E-state index >= 15 is 0 Å². The molecule has 0 saturated carbocycles. The maximum Gasteiger partial charge on any atom is 0.414 e. The van der Waals surface area contributed by atoms with Crippen molar-refractivity contribution >= 4 is 70.4 Å². The lowest BCUT2D eigenvalue weighted by Gasteiger charge is -2.20. The van der Waals surface area contributed by atoms with Crippen LogP contribution in [0.1, 0.15) is 54.4 Å². The molecule has 0 saturated heterocycles. The van der Waals surface area contributed by atoms with Crippen molar-refractivity contribution in [2.75, 3.05) is 25.0 Å². The average molecular weight is 760 g/mol. The monoisotopic (exact) mass is 758 g/mol. The molecule has 51 heavy (non-hydrogen) atoms. The molecule has 0 aliphatic rings. The molecule has 1 aromatic heterocycles. The minimum atomic E-state index is -1.24. The van der Waals surface area contributed by atoms with Crippen molar-refractivity contribution < 1.29 is 33.8 Å². The number of nitrogens with one attached hydrogen (secondary N) is 3. The first-order valence-corrected chi connectivity index (χ1v) is 17.2. The molecular weight excluding hydrogens is 719 g/mol. The van der Waals surface area contributed by atoms with E-state index in [4.69, 9.17) is 32.7 Å². The van der Waals surface area contributed by atoms with Gasteiger partial charge in [0, 0.05) is 23.5 Å². The Morgan fingerprint density at radius 2 is 1.75 bits per heavy atom. The average Bonchev–Trinajstić information content (AvgIpc) is 3.44. The number of ether oxygens (including phenoxy) is 2. The molecule has 3 rings (SSSR count). The molecular formula is C35H40Cl2N6O7S. The number of allylic oxidation sites excluding steroid dienone is 1. The first-order chi connectivity index (χ1) is 24.1. The van der Waals surface area contributed by atoms with Crippen molar-refractivity contribution in [3.8, 4) is 17.0 Å². The summed E-state index contributed by atoms with van der Waals surface area (Å²) in [6, 6.07) is 10.1. The Morgan fingerprint density at radius 3 is 2.33 bits per heavy atom. The van der Waals surface area contributed by atoms with Crippen molar-refractivity contribution in [1.29, 1.82) is 0 Å². The van der Waals surface area contributed by atoms with Gasteiger partial charge in [0.25, 0.3) is 5.91 Å². The highest BCUT2D eigenvalue weighted by molar-refractivity contribution is 7.06. The number of unbranched alkanes of at least 4 members (excludes halogenated alkanes) is 1. The first kappa shape index (κ1) is 40.5. The Labute approximate surface area is 310 Å². The third kappa shape index (κ3) is 12.7. The Hall–Kier alpha value is -4.92. The number of amides is 4. The van der Waals surface area contributed by atoms with Gasteiger partial charge in [-0.3, -0.25) is 19.8 Å². The van der Waals surface area contributed by atoms with Crippen molar-refractivity contribution in [3.05, 3.63) is 87.8 Å². The summed E-state index contributed by atoms with van der Waals surface area (Å²) < 4.78 is 15.4. The Kier molecular flexibility index (Phi) is 15.0. The Bertz CT molecular complexity index is 1760. The molecule has 2 aromatic carbocycles. The predicted octanol–water partition coefficient (Wildman–Crippen LogP) is 7.69. The normalized spacial score (nSPS) is 11.3. The summed E-state index contributed by atoms with van der Waals surface area (Å²) >= 11 is 14.1. The van der Waals surface area contributed by atoms with E-state index in [1.807, 2.05) is 0 Å². The van der Waals surface area contributed by atoms with Gasteiger partial charge in [-0.2, -0.15) is 9.37 Å².